The lowest BCUT2D eigenvalue weighted by Gasteiger charge is -2.32. The lowest BCUT2D eigenvalue weighted by Crippen LogP contribution is -2.40. The van der Waals surface area contributed by atoms with Crippen molar-refractivity contribution in [1.29, 1.82) is 0 Å². The molecule has 4 aromatic rings. The molecule has 0 spiro atoms. The molecule has 0 heterocycles. The Balaban J connectivity index is 1.39. The van der Waals surface area contributed by atoms with Crippen LogP contribution < -0.4 is 0 Å². The first kappa shape index (κ1) is 42.1. The monoisotopic (exact) mass is 790 g/mol. The maximum Gasteiger partial charge on any atom is 0.306 e. The lowest BCUT2D eigenvalue weighted by atomic mass is 9.84. The van der Waals surface area contributed by atoms with E-state index in [0.717, 1.165) is 19.6 Å². The number of ether oxygens (including phenoxy) is 3. The van der Waals surface area contributed by atoms with Crippen molar-refractivity contribution >= 4 is 70.7 Å². The van der Waals surface area contributed by atoms with Gasteiger partial charge < -0.3 is 14.2 Å². The highest BCUT2D eigenvalue weighted by atomic mass is 32.2. The maximum absolute atomic E-state index is 13.2. The molecular formula is C42H46O7S4. The van der Waals surface area contributed by atoms with E-state index in [-0.39, 0.29) is 57.7 Å². The SMILES string of the molecule is O=C(CCSc1ccccc1)CCC(COC(=O)CCSc1ccccc1)(COC(=O)CCSc1ccccc1)COC(=O)CCSc1ccccc1. The van der Waals surface area contributed by atoms with Gasteiger partial charge in [0.2, 0.25) is 0 Å². The Hall–Kier alpha value is -3.64. The molecule has 0 bridgehead atoms. The Morgan fingerprint density at radius 1 is 0.396 bits per heavy atom. The number of hydrogen-bond acceptors (Lipinski definition) is 11. The van der Waals surface area contributed by atoms with Crippen LogP contribution in [0.15, 0.2) is 141 Å². The smallest absolute Gasteiger partial charge is 0.306 e. The molecular weight excluding hydrogens is 745 g/mol. The number of thioether (sulfide) groups is 4. The minimum Gasteiger partial charge on any atom is -0.465 e. The van der Waals surface area contributed by atoms with Gasteiger partial charge >= 0.3 is 17.9 Å². The molecule has 53 heavy (non-hydrogen) atoms. The summed E-state index contributed by atoms with van der Waals surface area (Å²) in [4.78, 5) is 56.4. The summed E-state index contributed by atoms with van der Waals surface area (Å²) < 4.78 is 17.4. The zero-order chi connectivity index (χ0) is 37.4. The second-order valence-electron chi connectivity index (χ2n) is 12.2. The van der Waals surface area contributed by atoms with Crippen LogP contribution in [0, 0.1) is 5.41 Å². The van der Waals surface area contributed by atoms with E-state index in [1.807, 2.05) is 121 Å². The quantitative estimate of drug-likeness (QED) is 0.0365. The number of benzene rings is 4. The number of esters is 3. The molecule has 0 amide bonds. The Bertz CT molecular complexity index is 1410. The second kappa shape index (κ2) is 24.6. The molecule has 0 N–H and O–H groups in total. The van der Waals surface area contributed by atoms with Crippen molar-refractivity contribution in [1.82, 2.24) is 0 Å². The summed E-state index contributed by atoms with van der Waals surface area (Å²) in [6.07, 6.45) is 1.21. The highest BCUT2D eigenvalue weighted by Crippen LogP contribution is 2.29. The first-order valence-corrected chi connectivity index (χ1v) is 21.5. The normalized spacial score (nSPS) is 11.1. The van der Waals surface area contributed by atoms with Gasteiger partial charge in [0.05, 0.1) is 24.7 Å². The minimum atomic E-state index is -1.10. The average molecular weight is 791 g/mol. The molecule has 11 heteroatoms. The zero-order valence-electron chi connectivity index (χ0n) is 29.7. The molecule has 7 nitrogen and oxygen atoms in total. The summed E-state index contributed by atoms with van der Waals surface area (Å²) in [5.74, 6) is 0.963. The lowest BCUT2D eigenvalue weighted by molar-refractivity contribution is -0.162. The van der Waals surface area contributed by atoms with Crippen molar-refractivity contribution in [2.75, 3.05) is 42.8 Å². The predicted octanol–water partition coefficient (Wildman–Crippen LogP) is 9.68. The van der Waals surface area contributed by atoms with Crippen LogP contribution >= 0.6 is 47.0 Å². The van der Waals surface area contributed by atoms with E-state index in [2.05, 4.69) is 0 Å². The predicted molar refractivity (Wildman–Crippen MR) is 217 cm³/mol. The molecule has 4 rings (SSSR count). The molecule has 0 aromatic heterocycles. The van der Waals surface area contributed by atoms with E-state index in [4.69, 9.17) is 14.2 Å². The van der Waals surface area contributed by atoms with Crippen LogP contribution in [0.5, 0.6) is 0 Å². The Morgan fingerprint density at radius 2 is 0.679 bits per heavy atom. The fourth-order valence-electron chi connectivity index (χ4n) is 4.89. The molecule has 0 atom stereocenters. The van der Waals surface area contributed by atoms with Crippen molar-refractivity contribution < 1.29 is 33.4 Å². The first-order chi connectivity index (χ1) is 25.9. The zero-order valence-corrected chi connectivity index (χ0v) is 33.0. The van der Waals surface area contributed by atoms with Gasteiger partial charge in [-0.2, -0.15) is 0 Å². The third-order valence-corrected chi connectivity index (χ3v) is 12.0. The van der Waals surface area contributed by atoms with Crippen molar-refractivity contribution in [2.45, 2.75) is 58.1 Å². The Morgan fingerprint density at radius 3 is 0.981 bits per heavy atom. The standard InChI is InChI=1S/C42H46O7S4/c43-34(22-27-50-35-13-5-1-6-14-35)21-26-42(31-47-39(44)23-28-51-36-15-7-2-8-16-36,32-48-40(45)24-29-52-37-17-9-3-10-18-37)33-49-41(46)25-30-53-38-19-11-4-12-20-38/h1-20H,21-33H2. The summed E-state index contributed by atoms with van der Waals surface area (Å²) >= 11 is 6.26. The summed E-state index contributed by atoms with van der Waals surface area (Å²) in [6, 6.07) is 39.3. The second-order valence-corrected chi connectivity index (χ2v) is 16.8. The topological polar surface area (TPSA) is 96.0 Å². The van der Waals surface area contributed by atoms with Crippen molar-refractivity contribution in [3.63, 3.8) is 0 Å². The van der Waals surface area contributed by atoms with Crippen LogP contribution in [0.4, 0.5) is 0 Å². The van der Waals surface area contributed by atoms with Crippen LogP contribution in [0.25, 0.3) is 0 Å². The first-order valence-electron chi connectivity index (χ1n) is 17.6. The van der Waals surface area contributed by atoms with E-state index < -0.39 is 23.3 Å². The van der Waals surface area contributed by atoms with Crippen molar-refractivity contribution in [3.8, 4) is 0 Å². The molecule has 0 saturated heterocycles. The van der Waals surface area contributed by atoms with Gasteiger partial charge in [-0.3, -0.25) is 19.2 Å². The van der Waals surface area contributed by atoms with E-state index in [9.17, 15) is 19.2 Å². The molecule has 0 radical (unpaired) electrons. The van der Waals surface area contributed by atoms with Gasteiger partial charge in [0.25, 0.3) is 0 Å². The van der Waals surface area contributed by atoms with Gasteiger partial charge in [0, 0.05) is 55.4 Å². The third kappa shape index (κ3) is 17.8. The largest absolute Gasteiger partial charge is 0.465 e. The molecule has 4 aromatic carbocycles. The maximum atomic E-state index is 13.2. The average Bonchev–Trinajstić information content (AvgIpc) is 3.19. The van der Waals surface area contributed by atoms with Crippen molar-refractivity contribution in [2.24, 2.45) is 5.41 Å². The van der Waals surface area contributed by atoms with Crippen LogP contribution in [0.3, 0.4) is 0 Å². The summed E-state index contributed by atoms with van der Waals surface area (Å²) in [5, 5.41) is 0. The van der Waals surface area contributed by atoms with Gasteiger partial charge in [0.15, 0.2) is 0 Å². The fraction of sp³-hybridized carbons (Fsp3) is 0.333. The molecule has 0 unspecified atom stereocenters. The molecule has 0 aliphatic carbocycles. The fourth-order valence-corrected chi connectivity index (χ4v) is 8.37. The van der Waals surface area contributed by atoms with E-state index >= 15 is 0 Å². The number of rotatable bonds is 25. The van der Waals surface area contributed by atoms with Crippen LogP contribution in [0.1, 0.15) is 38.5 Å². The van der Waals surface area contributed by atoms with Gasteiger partial charge in [-0.15, -0.1) is 47.0 Å². The molecule has 0 aliphatic heterocycles. The number of ketones is 1. The molecule has 280 valence electrons. The summed E-state index contributed by atoms with van der Waals surface area (Å²) in [6.45, 7) is -0.482. The van der Waals surface area contributed by atoms with Gasteiger partial charge in [0.1, 0.15) is 25.6 Å². The highest BCUT2D eigenvalue weighted by Gasteiger charge is 2.36. The van der Waals surface area contributed by atoms with E-state index in [1.165, 1.54) is 0 Å². The van der Waals surface area contributed by atoms with Crippen LogP contribution in [0.2, 0.25) is 0 Å². The number of Topliss-reactive ketones (excluding diaryl/α,β-unsaturated/α-hetero) is 1. The molecule has 0 saturated carbocycles. The number of carbonyl (C=O) groups excluding carboxylic acids is 4. The van der Waals surface area contributed by atoms with Gasteiger partial charge in [-0.1, -0.05) is 72.8 Å². The number of hydrogen-bond donors (Lipinski definition) is 0. The summed E-state index contributed by atoms with van der Waals surface area (Å²) in [7, 11) is 0. The molecule has 0 fully saturated rings. The minimum absolute atomic E-state index is 0.0274. The highest BCUT2D eigenvalue weighted by molar-refractivity contribution is 8.00. The third-order valence-electron chi connectivity index (χ3n) is 7.90. The Labute approximate surface area is 330 Å². The van der Waals surface area contributed by atoms with Crippen LogP contribution in [-0.4, -0.2) is 66.5 Å². The van der Waals surface area contributed by atoms with Crippen LogP contribution in [-0.2, 0) is 33.4 Å². The Kier molecular flexibility index (Phi) is 19.6. The van der Waals surface area contributed by atoms with E-state index in [0.29, 0.717) is 29.4 Å². The number of carbonyl (C=O) groups is 4. The summed E-state index contributed by atoms with van der Waals surface area (Å²) in [5.41, 5.74) is -1.10. The van der Waals surface area contributed by atoms with E-state index in [1.54, 1.807) is 47.0 Å². The van der Waals surface area contributed by atoms with Gasteiger partial charge in [-0.05, 0) is 55.0 Å². The van der Waals surface area contributed by atoms with Crippen molar-refractivity contribution in [3.05, 3.63) is 121 Å². The van der Waals surface area contributed by atoms with Gasteiger partial charge in [-0.25, -0.2) is 0 Å². The molecule has 0 aliphatic rings.